The van der Waals surface area contributed by atoms with E-state index in [9.17, 15) is 0 Å². The molecule has 3 unspecified atom stereocenters. The largest absolute Gasteiger partial charge is 0.317 e. The molecular weight excluding hydrogens is 244 g/mol. The van der Waals surface area contributed by atoms with Gasteiger partial charge in [0.25, 0.3) is 0 Å². The van der Waals surface area contributed by atoms with Crippen molar-refractivity contribution in [1.29, 1.82) is 0 Å². The van der Waals surface area contributed by atoms with Crippen LogP contribution >= 0.6 is 0 Å². The molecule has 0 aromatic carbocycles. The van der Waals surface area contributed by atoms with Crippen LogP contribution in [0.5, 0.6) is 0 Å². The summed E-state index contributed by atoms with van der Waals surface area (Å²) in [6.07, 6.45) is 12.8. The standard InChI is InChI=1S/C18H36N2/c1-4-6-12-20(17-9-10-17)14-16-13-15(7-5-2)8-11-18(16)19-3/h15-19H,4-14H2,1-3H3. The lowest BCUT2D eigenvalue weighted by atomic mass is 9.76. The molecular formula is C18H36N2. The maximum Gasteiger partial charge on any atom is 0.0105 e. The van der Waals surface area contributed by atoms with E-state index in [2.05, 4.69) is 31.1 Å². The highest BCUT2D eigenvalue weighted by Crippen LogP contribution is 2.35. The fourth-order valence-electron chi connectivity index (χ4n) is 4.14. The normalized spacial score (nSPS) is 30.9. The lowest BCUT2D eigenvalue weighted by molar-refractivity contribution is 0.133. The second-order valence-corrected chi connectivity index (χ2v) is 7.20. The minimum absolute atomic E-state index is 0.769. The smallest absolute Gasteiger partial charge is 0.0105 e. The molecule has 20 heavy (non-hydrogen) atoms. The highest BCUT2D eigenvalue weighted by atomic mass is 15.2. The second kappa shape index (κ2) is 8.38. The first-order valence-electron chi connectivity index (χ1n) is 9.19. The number of unbranched alkanes of at least 4 members (excludes halogenated alkanes) is 1. The maximum atomic E-state index is 3.61. The van der Waals surface area contributed by atoms with E-state index in [-0.39, 0.29) is 0 Å². The Balaban J connectivity index is 1.87. The molecule has 0 spiro atoms. The monoisotopic (exact) mass is 280 g/mol. The third kappa shape index (κ3) is 4.73. The number of rotatable bonds is 9. The van der Waals surface area contributed by atoms with E-state index in [1.807, 2.05) is 0 Å². The zero-order valence-electron chi connectivity index (χ0n) is 14.0. The van der Waals surface area contributed by atoms with Gasteiger partial charge in [-0.25, -0.2) is 0 Å². The quantitative estimate of drug-likeness (QED) is 0.685. The van der Waals surface area contributed by atoms with Crippen LogP contribution in [0.4, 0.5) is 0 Å². The van der Waals surface area contributed by atoms with Crippen molar-refractivity contribution in [2.75, 3.05) is 20.1 Å². The molecule has 2 rings (SSSR count). The predicted molar refractivity (Wildman–Crippen MR) is 88.1 cm³/mol. The van der Waals surface area contributed by atoms with E-state index in [4.69, 9.17) is 0 Å². The van der Waals surface area contributed by atoms with Gasteiger partial charge in [-0.2, -0.15) is 0 Å². The number of hydrogen-bond donors (Lipinski definition) is 1. The predicted octanol–water partition coefficient (Wildman–Crippen LogP) is 4.06. The van der Waals surface area contributed by atoms with Crippen LogP contribution in [-0.4, -0.2) is 37.1 Å². The van der Waals surface area contributed by atoms with Crippen LogP contribution in [0.15, 0.2) is 0 Å². The van der Waals surface area contributed by atoms with Gasteiger partial charge in [-0.1, -0.05) is 33.1 Å². The highest BCUT2D eigenvalue weighted by Gasteiger charge is 2.34. The fraction of sp³-hybridized carbons (Fsp3) is 1.00. The van der Waals surface area contributed by atoms with Gasteiger partial charge in [-0.3, -0.25) is 0 Å². The number of hydrogen-bond acceptors (Lipinski definition) is 2. The van der Waals surface area contributed by atoms with Crippen LogP contribution in [0.25, 0.3) is 0 Å². The van der Waals surface area contributed by atoms with Gasteiger partial charge in [0.05, 0.1) is 0 Å². The molecule has 0 aromatic heterocycles. The van der Waals surface area contributed by atoms with Gasteiger partial charge >= 0.3 is 0 Å². The zero-order chi connectivity index (χ0) is 14.4. The summed E-state index contributed by atoms with van der Waals surface area (Å²) in [6.45, 7) is 7.36. The van der Waals surface area contributed by atoms with Crippen molar-refractivity contribution in [1.82, 2.24) is 10.2 Å². The van der Waals surface area contributed by atoms with Crippen molar-refractivity contribution in [3.05, 3.63) is 0 Å². The summed E-state index contributed by atoms with van der Waals surface area (Å²) in [6, 6.07) is 1.71. The Hall–Kier alpha value is -0.0800. The Labute approximate surface area is 126 Å². The van der Waals surface area contributed by atoms with Gasteiger partial charge in [0, 0.05) is 18.6 Å². The van der Waals surface area contributed by atoms with E-state index >= 15 is 0 Å². The summed E-state index contributed by atoms with van der Waals surface area (Å²) in [7, 11) is 2.17. The van der Waals surface area contributed by atoms with Gasteiger partial charge < -0.3 is 10.2 Å². The van der Waals surface area contributed by atoms with Crippen LogP contribution in [0, 0.1) is 11.8 Å². The second-order valence-electron chi connectivity index (χ2n) is 7.20. The summed E-state index contributed by atoms with van der Waals surface area (Å²) in [4.78, 5) is 2.83. The van der Waals surface area contributed by atoms with Crippen LogP contribution < -0.4 is 5.32 Å². The maximum absolute atomic E-state index is 3.61. The molecule has 0 saturated heterocycles. The Morgan fingerprint density at radius 3 is 2.45 bits per heavy atom. The molecule has 0 amide bonds. The minimum atomic E-state index is 0.769. The SMILES string of the molecule is CCCCN(CC1CC(CCC)CCC1NC)C1CC1. The minimum Gasteiger partial charge on any atom is -0.317 e. The van der Waals surface area contributed by atoms with Crippen LogP contribution in [-0.2, 0) is 0 Å². The van der Waals surface area contributed by atoms with Crippen molar-refractivity contribution in [2.24, 2.45) is 11.8 Å². The lowest BCUT2D eigenvalue weighted by Gasteiger charge is -2.39. The van der Waals surface area contributed by atoms with E-state index in [0.29, 0.717) is 0 Å². The van der Waals surface area contributed by atoms with Gasteiger partial charge in [0.2, 0.25) is 0 Å². The van der Waals surface area contributed by atoms with Crippen molar-refractivity contribution in [2.45, 2.75) is 83.7 Å². The molecule has 0 radical (unpaired) electrons. The molecule has 2 heteroatoms. The lowest BCUT2D eigenvalue weighted by Crippen LogP contribution is -2.45. The molecule has 2 nitrogen and oxygen atoms in total. The summed E-state index contributed by atoms with van der Waals surface area (Å²) in [5.41, 5.74) is 0. The molecule has 0 heterocycles. The third-order valence-corrected chi connectivity index (χ3v) is 5.49. The summed E-state index contributed by atoms with van der Waals surface area (Å²) in [5.74, 6) is 1.89. The average Bonchev–Trinajstić information content (AvgIpc) is 3.28. The van der Waals surface area contributed by atoms with Crippen molar-refractivity contribution < 1.29 is 0 Å². The molecule has 2 aliphatic rings. The van der Waals surface area contributed by atoms with Crippen molar-refractivity contribution in [3.8, 4) is 0 Å². The topological polar surface area (TPSA) is 15.3 Å². The van der Waals surface area contributed by atoms with Gasteiger partial charge in [0.15, 0.2) is 0 Å². The Bertz CT molecular complexity index is 262. The average molecular weight is 280 g/mol. The Kier molecular flexibility index (Phi) is 6.83. The van der Waals surface area contributed by atoms with E-state index < -0.39 is 0 Å². The molecule has 0 bridgehead atoms. The van der Waals surface area contributed by atoms with E-state index in [1.54, 1.807) is 0 Å². The Morgan fingerprint density at radius 1 is 1.05 bits per heavy atom. The van der Waals surface area contributed by atoms with E-state index in [1.165, 1.54) is 70.9 Å². The van der Waals surface area contributed by atoms with Crippen molar-refractivity contribution in [3.63, 3.8) is 0 Å². The molecule has 2 saturated carbocycles. The first-order chi connectivity index (χ1) is 9.78. The Morgan fingerprint density at radius 2 is 1.85 bits per heavy atom. The molecule has 118 valence electrons. The first kappa shape index (κ1) is 16.3. The van der Waals surface area contributed by atoms with Crippen LogP contribution in [0.3, 0.4) is 0 Å². The third-order valence-electron chi connectivity index (χ3n) is 5.49. The molecule has 3 atom stereocenters. The molecule has 2 fully saturated rings. The van der Waals surface area contributed by atoms with Crippen LogP contribution in [0.1, 0.15) is 71.6 Å². The van der Waals surface area contributed by atoms with Crippen LogP contribution in [0.2, 0.25) is 0 Å². The van der Waals surface area contributed by atoms with Gasteiger partial charge in [-0.05, 0) is 64.0 Å². The van der Waals surface area contributed by atoms with E-state index in [0.717, 1.165) is 23.9 Å². The first-order valence-corrected chi connectivity index (χ1v) is 9.19. The zero-order valence-corrected chi connectivity index (χ0v) is 14.0. The molecule has 1 N–H and O–H groups in total. The fourth-order valence-corrected chi connectivity index (χ4v) is 4.14. The molecule has 0 aromatic rings. The number of nitrogens with one attached hydrogen (secondary N) is 1. The number of nitrogens with zero attached hydrogens (tertiary/aromatic N) is 1. The molecule has 2 aliphatic carbocycles. The highest BCUT2D eigenvalue weighted by molar-refractivity contribution is 4.90. The summed E-state index contributed by atoms with van der Waals surface area (Å²) < 4.78 is 0. The van der Waals surface area contributed by atoms with Gasteiger partial charge in [-0.15, -0.1) is 0 Å². The summed E-state index contributed by atoms with van der Waals surface area (Å²) in [5, 5.41) is 3.61. The summed E-state index contributed by atoms with van der Waals surface area (Å²) >= 11 is 0. The molecule has 0 aliphatic heterocycles. The van der Waals surface area contributed by atoms with Crippen molar-refractivity contribution >= 4 is 0 Å². The van der Waals surface area contributed by atoms with Gasteiger partial charge in [0.1, 0.15) is 0 Å².